The van der Waals surface area contributed by atoms with E-state index in [9.17, 15) is 4.79 Å². The van der Waals surface area contributed by atoms with Gasteiger partial charge in [0.05, 0.1) is 0 Å². The zero-order valence-corrected chi connectivity index (χ0v) is 9.93. The lowest BCUT2D eigenvalue weighted by atomic mass is 10.1. The normalized spacial score (nSPS) is 15.0. The van der Waals surface area contributed by atoms with Crippen molar-refractivity contribution >= 4 is 17.5 Å². The molecule has 1 heterocycles. The van der Waals surface area contributed by atoms with Gasteiger partial charge >= 0.3 is 0 Å². The molecule has 0 radical (unpaired) electrons. The van der Waals surface area contributed by atoms with Crippen LogP contribution in [0.3, 0.4) is 0 Å². The van der Waals surface area contributed by atoms with E-state index in [-0.39, 0.29) is 11.9 Å². The van der Waals surface area contributed by atoms with Crippen LogP contribution in [0.4, 0.5) is 0 Å². The van der Waals surface area contributed by atoms with Crippen LogP contribution in [-0.2, 0) is 6.54 Å². The van der Waals surface area contributed by atoms with Gasteiger partial charge in [0.15, 0.2) is 0 Å². The minimum absolute atomic E-state index is 0.125. The number of rotatable bonds is 1. The number of hydrogen-bond donors (Lipinski definition) is 0. The highest BCUT2D eigenvalue weighted by molar-refractivity contribution is 6.31. The molecule has 0 saturated heterocycles. The summed E-state index contributed by atoms with van der Waals surface area (Å²) in [4.78, 5) is 13.8. The van der Waals surface area contributed by atoms with Gasteiger partial charge in [0.25, 0.3) is 5.91 Å². The predicted octanol–water partition coefficient (Wildman–Crippen LogP) is 3.01. The molecule has 1 aromatic carbocycles. The van der Waals surface area contributed by atoms with E-state index in [1.807, 2.05) is 37.8 Å². The highest BCUT2D eigenvalue weighted by Gasteiger charge is 2.29. The Balaban J connectivity index is 2.46. The second-order valence-corrected chi connectivity index (χ2v) is 4.69. The Morgan fingerprint density at radius 3 is 2.67 bits per heavy atom. The van der Waals surface area contributed by atoms with E-state index >= 15 is 0 Å². The van der Waals surface area contributed by atoms with Crippen LogP contribution in [-0.4, -0.2) is 16.8 Å². The predicted molar refractivity (Wildman–Crippen MR) is 61.2 cm³/mol. The zero-order chi connectivity index (χ0) is 11.2. The highest BCUT2D eigenvalue weighted by atomic mass is 35.5. The van der Waals surface area contributed by atoms with Crippen molar-refractivity contribution in [3.8, 4) is 0 Å². The van der Waals surface area contributed by atoms with Gasteiger partial charge in [-0.15, -0.1) is 0 Å². The monoisotopic (exact) mass is 223 g/mol. The molecule has 1 aromatic rings. The van der Waals surface area contributed by atoms with Crippen LogP contribution >= 0.6 is 11.6 Å². The molecule has 0 saturated carbocycles. The Bertz CT molecular complexity index is 426. The first-order chi connectivity index (χ1) is 7.00. The van der Waals surface area contributed by atoms with Crippen LogP contribution in [0.1, 0.15) is 35.3 Å². The average Bonchev–Trinajstić information content (AvgIpc) is 2.46. The number of carbonyl (C=O) groups excluding carboxylic acids is 1. The maximum Gasteiger partial charge on any atom is 0.254 e. The number of aryl methyl sites for hydroxylation is 1. The molecule has 15 heavy (non-hydrogen) atoms. The summed E-state index contributed by atoms with van der Waals surface area (Å²) in [6.07, 6.45) is 0. The molecule has 80 valence electrons. The van der Waals surface area contributed by atoms with Crippen molar-refractivity contribution in [3.63, 3.8) is 0 Å². The van der Waals surface area contributed by atoms with Crippen LogP contribution in [0.2, 0.25) is 5.02 Å². The molecule has 0 fully saturated rings. The van der Waals surface area contributed by atoms with Gasteiger partial charge in [-0.05, 0) is 44.0 Å². The van der Waals surface area contributed by atoms with Crippen molar-refractivity contribution in [2.75, 3.05) is 0 Å². The maximum atomic E-state index is 12.0. The largest absolute Gasteiger partial charge is 0.332 e. The number of carbonyl (C=O) groups is 1. The third kappa shape index (κ3) is 1.63. The topological polar surface area (TPSA) is 20.3 Å². The quantitative estimate of drug-likeness (QED) is 0.717. The van der Waals surface area contributed by atoms with Crippen LogP contribution in [0.25, 0.3) is 0 Å². The SMILES string of the molecule is Cc1cc2c(cc1Cl)CN(C(C)C)C2=O. The number of hydrogen-bond acceptors (Lipinski definition) is 1. The van der Waals surface area contributed by atoms with Gasteiger partial charge in [-0.1, -0.05) is 11.6 Å². The standard InChI is InChI=1S/C12H14ClNO/c1-7(2)14-6-9-5-11(13)8(3)4-10(9)12(14)15/h4-5,7H,6H2,1-3H3. The van der Waals surface area contributed by atoms with E-state index in [1.54, 1.807) is 0 Å². The molecule has 0 bridgehead atoms. The lowest BCUT2D eigenvalue weighted by Crippen LogP contribution is -2.30. The third-order valence-electron chi connectivity index (χ3n) is 2.84. The van der Waals surface area contributed by atoms with Gasteiger partial charge in [0.1, 0.15) is 0 Å². The van der Waals surface area contributed by atoms with E-state index in [1.165, 1.54) is 0 Å². The van der Waals surface area contributed by atoms with Crippen LogP contribution in [0.5, 0.6) is 0 Å². The average molecular weight is 224 g/mol. The molecule has 3 heteroatoms. The fraction of sp³-hybridized carbons (Fsp3) is 0.417. The molecule has 2 nitrogen and oxygen atoms in total. The Hall–Kier alpha value is -1.02. The van der Waals surface area contributed by atoms with Crippen molar-refractivity contribution < 1.29 is 4.79 Å². The molecule has 0 N–H and O–H groups in total. The lowest BCUT2D eigenvalue weighted by molar-refractivity contribution is 0.0730. The van der Waals surface area contributed by atoms with Gasteiger partial charge in [0, 0.05) is 23.2 Å². The number of benzene rings is 1. The van der Waals surface area contributed by atoms with Gasteiger partial charge in [-0.2, -0.15) is 0 Å². The van der Waals surface area contributed by atoms with E-state index < -0.39 is 0 Å². The van der Waals surface area contributed by atoms with Crippen LogP contribution in [0, 0.1) is 6.92 Å². The van der Waals surface area contributed by atoms with E-state index in [0.717, 1.165) is 21.7 Å². The number of halogens is 1. The Labute approximate surface area is 94.8 Å². The van der Waals surface area contributed by atoms with Crippen molar-refractivity contribution in [1.82, 2.24) is 4.90 Å². The fourth-order valence-electron chi connectivity index (χ4n) is 1.88. The molecule has 0 spiro atoms. The van der Waals surface area contributed by atoms with Crippen LogP contribution < -0.4 is 0 Å². The molecule has 1 aliphatic heterocycles. The Morgan fingerprint density at radius 1 is 1.40 bits per heavy atom. The highest BCUT2D eigenvalue weighted by Crippen LogP contribution is 2.29. The molecule has 0 aromatic heterocycles. The van der Waals surface area contributed by atoms with E-state index in [2.05, 4.69) is 0 Å². The zero-order valence-electron chi connectivity index (χ0n) is 9.17. The smallest absolute Gasteiger partial charge is 0.254 e. The molecule has 1 amide bonds. The van der Waals surface area contributed by atoms with Crippen molar-refractivity contribution in [2.45, 2.75) is 33.4 Å². The molecule has 1 aliphatic rings. The fourth-order valence-corrected chi connectivity index (χ4v) is 2.07. The van der Waals surface area contributed by atoms with Gasteiger partial charge in [-0.25, -0.2) is 0 Å². The van der Waals surface area contributed by atoms with Crippen LogP contribution in [0.15, 0.2) is 12.1 Å². The number of fused-ring (bicyclic) bond motifs is 1. The summed E-state index contributed by atoms with van der Waals surface area (Å²) in [5, 5.41) is 0.743. The van der Waals surface area contributed by atoms with E-state index in [4.69, 9.17) is 11.6 Å². The lowest BCUT2D eigenvalue weighted by Gasteiger charge is -2.19. The minimum atomic E-state index is 0.125. The molecular weight excluding hydrogens is 210 g/mol. The second-order valence-electron chi connectivity index (χ2n) is 4.29. The first kappa shape index (κ1) is 10.5. The summed E-state index contributed by atoms with van der Waals surface area (Å²) < 4.78 is 0. The molecule has 0 aliphatic carbocycles. The second kappa shape index (κ2) is 3.53. The third-order valence-corrected chi connectivity index (χ3v) is 3.25. The summed E-state index contributed by atoms with van der Waals surface area (Å²) in [7, 11) is 0. The van der Waals surface area contributed by atoms with Crippen molar-refractivity contribution in [2.24, 2.45) is 0 Å². The van der Waals surface area contributed by atoms with Gasteiger partial charge < -0.3 is 4.90 Å². The molecule has 2 rings (SSSR count). The first-order valence-electron chi connectivity index (χ1n) is 5.10. The Morgan fingerprint density at radius 2 is 2.07 bits per heavy atom. The summed E-state index contributed by atoms with van der Waals surface area (Å²) in [6.45, 7) is 6.66. The summed E-state index contributed by atoms with van der Waals surface area (Å²) in [5.74, 6) is 0.125. The van der Waals surface area contributed by atoms with Crippen molar-refractivity contribution in [3.05, 3.63) is 33.8 Å². The number of amides is 1. The van der Waals surface area contributed by atoms with E-state index in [0.29, 0.717) is 6.54 Å². The van der Waals surface area contributed by atoms with Crippen molar-refractivity contribution in [1.29, 1.82) is 0 Å². The molecule has 0 unspecified atom stereocenters. The molecular formula is C12H14ClNO. The molecule has 0 atom stereocenters. The van der Waals surface area contributed by atoms with Gasteiger partial charge in [0.2, 0.25) is 0 Å². The first-order valence-corrected chi connectivity index (χ1v) is 5.48. The summed E-state index contributed by atoms with van der Waals surface area (Å²) in [6, 6.07) is 4.04. The maximum absolute atomic E-state index is 12.0. The summed E-state index contributed by atoms with van der Waals surface area (Å²) >= 11 is 6.04. The Kier molecular flexibility index (Phi) is 2.47. The van der Waals surface area contributed by atoms with Gasteiger partial charge in [-0.3, -0.25) is 4.79 Å². The minimum Gasteiger partial charge on any atom is -0.332 e. The number of nitrogens with zero attached hydrogens (tertiary/aromatic N) is 1. The summed E-state index contributed by atoms with van der Waals surface area (Å²) in [5.41, 5.74) is 2.82.